The van der Waals surface area contributed by atoms with E-state index in [-0.39, 0.29) is 18.1 Å². The predicted octanol–water partition coefficient (Wildman–Crippen LogP) is 5.82. The smallest absolute Gasteiger partial charge is 0.306 e. The lowest BCUT2D eigenvalue weighted by atomic mass is 9.99. The van der Waals surface area contributed by atoms with E-state index in [2.05, 4.69) is 25.2 Å². The Morgan fingerprint density at radius 1 is 1.14 bits per heavy atom. The van der Waals surface area contributed by atoms with Crippen LogP contribution in [0.5, 0.6) is 0 Å². The molecule has 1 aliphatic heterocycles. The van der Waals surface area contributed by atoms with Crippen molar-refractivity contribution in [1.29, 1.82) is 0 Å². The van der Waals surface area contributed by atoms with Gasteiger partial charge < -0.3 is 14.9 Å². The number of aliphatic carboxylic acids is 1. The van der Waals surface area contributed by atoms with Crippen molar-refractivity contribution in [1.82, 2.24) is 0 Å². The number of carbonyl (C=O) groups is 1. The van der Waals surface area contributed by atoms with Crippen LogP contribution in [0.25, 0.3) is 0 Å². The Bertz CT molecular complexity index is 519. The molecule has 1 heterocycles. The number of allylic oxidation sites excluding steroid dienone is 3. The molecule has 0 radical (unpaired) electrons. The van der Waals surface area contributed by atoms with Crippen molar-refractivity contribution in [3.63, 3.8) is 0 Å². The van der Waals surface area contributed by atoms with Crippen LogP contribution in [0, 0.1) is 5.92 Å². The number of carboxylic acids is 1. The summed E-state index contributed by atoms with van der Waals surface area (Å²) in [5, 5.41) is 19.3. The molecule has 4 atom stereocenters. The zero-order valence-electron chi connectivity index (χ0n) is 18.0. The molecular formula is C24H40O4. The highest BCUT2D eigenvalue weighted by molar-refractivity contribution is 5.69. The molecule has 0 amide bonds. The van der Waals surface area contributed by atoms with Gasteiger partial charge >= 0.3 is 5.97 Å². The fourth-order valence-electron chi connectivity index (χ4n) is 3.07. The number of carboxylic acid groups (broad SMARTS) is 1. The van der Waals surface area contributed by atoms with E-state index < -0.39 is 11.6 Å². The van der Waals surface area contributed by atoms with Crippen molar-refractivity contribution in [3.8, 4) is 0 Å². The van der Waals surface area contributed by atoms with E-state index >= 15 is 0 Å². The van der Waals surface area contributed by atoms with Gasteiger partial charge in [0.2, 0.25) is 0 Å². The summed E-state index contributed by atoms with van der Waals surface area (Å²) in [6.07, 6.45) is 22.8. The van der Waals surface area contributed by atoms with Crippen LogP contribution in [-0.2, 0) is 9.53 Å². The van der Waals surface area contributed by atoms with Crippen molar-refractivity contribution in [2.75, 3.05) is 0 Å². The lowest BCUT2D eigenvalue weighted by molar-refractivity contribution is -0.141. The van der Waals surface area contributed by atoms with Crippen molar-refractivity contribution in [2.24, 2.45) is 5.92 Å². The van der Waals surface area contributed by atoms with Crippen LogP contribution in [-0.4, -0.2) is 34.0 Å². The average molecular weight is 393 g/mol. The molecular weight excluding hydrogens is 352 g/mol. The van der Waals surface area contributed by atoms with Crippen molar-refractivity contribution in [3.05, 3.63) is 36.5 Å². The van der Waals surface area contributed by atoms with E-state index in [0.717, 1.165) is 38.5 Å². The van der Waals surface area contributed by atoms with Crippen LogP contribution in [0.1, 0.15) is 85.0 Å². The Morgan fingerprint density at radius 2 is 1.89 bits per heavy atom. The van der Waals surface area contributed by atoms with Crippen molar-refractivity contribution >= 4 is 5.97 Å². The molecule has 0 aromatic heterocycles. The molecule has 4 heteroatoms. The fourth-order valence-corrected chi connectivity index (χ4v) is 3.07. The number of aliphatic hydroxyl groups is 1. The van der Waals surface area contributed by atoms with Crippen LogP contribution in [0.3, 0.4) is 0 Å². The molecule has 1 rings (SSSR count). The van der Waals surface area contributed by atoms with Gasteiger partial charge in [0.15, 0.2) is 0 Å². The summed E-state index contributed by atoms with van der Waals surface area (Å²) in [6, 6.07) is 0. The summed E-state index contributed by atoms with van der Waals surface area (Å²) in [5.41, 5.74) is -0.852. The molecule has 1 aliphatic rings. The van der Waals surface area contributed by atoms with Gasteiger partial charge in [0, 0.05) is 0 Å². The van der Waals surface area contributed by atoms with Gasteiger partial charge in [-0.1, -0.05) is 76.0 Å². The normalized spacial score (nSPS) is 22.9. The van der Waals surface area contributed by atoms with E-state index in [1.54, 1.807) is 6.92 Å². The maximum absolute atomic E-state index is 10.8. The third-order valence-corrected chi connectivity index (χ3v) is 5.18. The van der Waals surface area contributed by atoms with E-state index in [1.165, 1.54) is 19.3 Å². The average Bonchev–Trinajstić information content (AvgIpc) is 3.40. The summed E-state index contributed by atoms with van der Waals surface area (Å²) in [4.78, 5) is 10.8. The summed E-state index contributed by atoms with van der Waals surface area (Å²) in [6.45, 7) is 5.79. The molecule has 4 nitrogen and oxygen atoms in total. The second-order valence-corrected chi connectivity index (χ2v) is 8.26. The fraction of sp³-hybridized carbons (Fsp3) is 0.708. The first-order valence-electron chi connectivity index (χ1n) is 11.0. The third kappa shape index (κ3) is 12.1. The molecule has 28 heavy (non-hydrogen) atoms. The molecule has 4 unspecified atom stereocenters. The first kappa shape index (κ1) is 24.6. The van der Waals surface area contributed by atoms with E-state index in [0.29, 0.717) is 6.42 Å². The van der Waals surface area contributed by atoms with E-state index in [9.17, 15) is 9.90 Å². The molecule has 160 valence electrons. The highest BCUT2D eigenvalue weighted by Crippen LogP contribution is 2.30. The number of rotatable bonds is 16. The quantitative estimate of drug-likeness (QED) is 0.197. The number of epoxide rings is 1. The minimum absolute atomic E-state index is 0.0957. The summed E-state index contributed by atoms with van der Waals surface area (Å²) >= 11 is 0. The second-order valence-electron chi connectivity index (χ2n) is 8.26. The molecule has 0 aromatic carbocycles. The van der Waals surface area contributed by atoms with Gasteiger partial charge in [-0.2, -0.15) is 0 Å². The Hall–Kier alpha value is -1.39. The molecule has 0 bridgehead atoms. The lowest BCUT2D eigenvalue weighted by Gasteiger charge is -2.16. The first-order chi connectivity index (χ1) is 13.4. The molecule has 0 aromatic rings. The highest BCUT2D eigenvalue weighted by atomic mass is 16.6. The van der Waals surface area contributed by atoms with Crippen LogP contribution < -0.4 is 0 Å². The molecule has 2 N–H and O–H groups in total. The largest absolute Gasteiger partial charge is 0.481 e. The van der Waals surface area contributed by atoms with Crippen LogP contribution in [0.15, 0.2) is 36.5 Å². The minimum atomic E-state index is -0.852. The number of unbranched alkanes of at least 4 members (excludes halogenated alkanes) is 4. The molecule has 0 saturated carbocycles. The maximum atomic E-state index is 10.8. The van der Waals surface area contributed by atoms with Gasteiger partial charge in [-0.3, -0.25) is 4.79 Å². The third-order valence-electron chi connectivity index (χ3n) is 5.18. The molecule has 0 aliphatic carbocycles. The zero-order chi connectivity index (χ0) is 20.8. The van der Waals surface area contributed by atoms with Crippen LogP contribution in [0.4, 0.5) is 0 Å². The standard InChI is InChI=1S/C24H40O4/c1-4-5-6-7-8-9-10-11-14-18-24(3,27)19-17-22-21(28-22)16-13-12-15-20(2)23(25)26/h8-9,11,14,17,19-22,27H,4-7,10,12-13,15-16,18H2,1-3H3,(H,25,26)/b9-8-,14-11-,19-17+. The Labute approximate surface area is 171 Å². The predicted molar refractivity (Wildman–Crippen MR) is 115 cm³/mol. The lowest BCUT2D eigenvalue weighted by Crippen LogP contribution is -2.19. The molecule has 1 saturated heterocycles. The van der Waals surface area contributed by atoms with Gasteiger partial charge in [0.25, 0.3) is 0 Å². The maximum Gasteiger partial charge on any atom is 0.306 e. The molecule has 1 fully saturated rings. The van der Waals surface area contributed by atoms with E-state index in [4.69, 9.17) is 9.84 Å². The summed E-state index contributed by atoms with van der Waals surface area (Å²) in [5.74, 6) is -0.988. The van der Waals surface area contributed by atoms with Gasteiger partial charge in [0.05, 0.1) is 17.6 Å². The minimum Gasteiger partial charge on any atom is -0.481 e. The Kier molecular flexibility index (Phi) is 12.1. The van der Waals surface area contributed by atoms with Crippen LogP contribution in [0.2, 0.25) is 0 Å². The number of hydrogen-bond donors (Lipinski definition) is 2. The topological polar surface area (TPSA) is 70.1 Å². The highest BCUT2D eigenvalue weighted by Gasteiger charge is 2.36. The second kappa shape index (κ2) is 13.7. The van der Waals surface area contributed by atoms with E-state index in [1.807, 2.05) is 25.2 Å². The van der Waals surface area contributed by atoms with Crippen LogP contribution >= 0.6 is 0 Å². The SMILES string of the molecule is CCCCC/C=C\C/C=C\CC(C)(O)/C=C/C1OC1CCCCC(C)C(=O)O. The van der Waals surface area contributed by atoms with Gasteiger partial charge in [-0.15, -0.1) is 0 Å². The Balaban J connectivity index is 2.13. The Morgan fingerprint density at radius 3 is 2.61 bits per heavy atom. The summed E-state index contributed by atoms with van der Waals surface area (Å²) in [7, 11) is 0. The monoisotopic (exact) mass is 392 g/mol. The van der Waals surface area contributed by atoms with Gasteiger partial charge in [-0.05, 0) is 45.4 Å². The number of ether oxygens (including phenoxy) is 1. The summed E-state index contributed by atoms with van der Waals surface area (Å²) < 4.78 is 5.62. The zero-order valence-corrected chi connectivity index (χ0v) is 18.0. The number of hydrogen-bond acceptors (Lipinski definition) is 3. The van der Waals surface area contributed by atoms with Gasteiger partial charge in [0.1, 0.15) is 6.10 Å². The van der Waals surface area contributed by atoms with Crippen molar-refractivity contribution in [2.45, 2.75) is 103 Å². The van der Waals surface area contributed by atoms with Crippen molar-refractivity contribution < 1.29 is 19.7 Å². The van der Waals surface area contributed by atoms with Gasteiger partial charge in [-0.25, -0.2) is 0 Å². The molecule has 0 spiro atoms. The first-order valence-corrected chi connectivity index (χ1v) is 11.0.